The smallest absolute Gasteiger partial charge is 0.184 e. The predicted molar refractivity (Wildman–Crippen MR) is 79.7 cm³/mol. The molecule has 0 aliphatic carbocycles. The third-order valence-corrected chi connectivity index (χ3v) is 4.81. The fraction of sp³-hybridized carbons (Fsp3) is 0.143. The number of nitrogens with two attached hydrogens (primary N) is 1. The summed E-state index contributed by atoms with van der Waals surface area (Å²) in [7, 11) is -2.06. The third-order valence-electron chi connectivity index (χ3n) is 2.83. The highest BCUT2D eigenvalue weighted by Crippen LogP contribution is 2.27. The van der Waals surface area contributed by atoms with Gasteiger partial charge in [-0.1, -0.05) is 23.7 Å². The van der Waals surface area contributed by atoms with Crippen molar-refractivity contribution in [3.63, 3.8) is 0 Å². The molecule has 0 amide bonds. The summed E-state index contributed by atoms with van der Waals surface area (Å²) in [5, 5.41) is 0.562. The van der Waals surface area contributed by atoms with Crippen LogP contribution in [0.1, 0.15) is 5.56 Å². The Hall–Kier alpha value is -1.72. The number of halogens is 1. The monoisotopic (exact) mass is 311 g/mol. The molecule has 2 aromatic rings. The molecular formula is C14H14ClNO3S. The van der Waals surface area contributed by atoms with Crippen molar-refractivity contribution in [2.24, 2.45) is 0 Å². The number of sulfone groups is 1. The second-order valence-electron chi connectivity index (χ2n) is 4.29. The second kappa shape index (κ2) is 5.73. The minimum Gasteiger partial charge on any atom is -0.497 e. The van der Waals surface area contributed by atoms with Crippen molar-refractivity contribution in [2.45, 2.75) is 10.6 Å². The highest BCUT2D eigenvalue weighted by atomic mass is 35.5. The maximum absolute atomic E-state index is 12.4. The number of benzene rings is 2. The standard InChI is InChI=1S/C14H14ClNO3S/c1-19-12-6-7-13(16)14(8-12)20(17,18)9-10-2-4-11(15)5-3-10/h2-8H,9,16H2,1H3. The van der Waals surface area contributed by atoms with E-state index in [0.29, 0.717) is 16.3 Å². The Balaban J connectivity index is 2.37. The number of hydrogen-bond donors (Lipinski definition) is 1. The summed E-state index contributed by atoms with van der Waals surface area (Å²) in [5.41, 5.74) is 6.61. The molecular weight excluding hydrogens is 298 g/mol. The average molecular weight is 312 g/mol. The van der Waals surface area contributed by atoms with Crippen LogP contribution in [0.25, 0.3) is 0 Å². The molecule has 0 aliphatic rings. The zero-order valence-corrected chi connectivity index (χ0v) is 12.4. The van der Waals surface area contributed by atoms with Crippen LogP contribution >= 0.6 is 11.6 Å². The van der Waals surface area contributed by atoms with E-state index in [1.165, 1.54) is 19.2 Å². The molecule has 0 bridgehead atoms. The summed E-state index contributed by atoms with van der Waals surface area (Å²) in [6.07, 6.45) is 0. The van der Waals surface area contributed by atoms with Gasteiger partial charge in [0.05, 0.1) is 23.4 Å². The molecule has 6 heteroatoms. The molecule has 0 saturated carbocycles. The zero-order valence-electron chi connectivity index (χ0n) is 10.8. The van der Waals surface area contributed by atoms with E-state index in [9.17, 15) is 8.42 Å². The second-order valence-corrected chi connectivity index (χ2v) is 6.68. The molecule has 0 radical (unpaired) electrons. The van der Waals surface area contributed by atoms with Crippen LogP contribution < -0.4 is 10.5 Å². The van der Waals surface area contributed by atoms with Crippen molar-refractivity contribution in [3.05, 3.63) is 53.1 Å². The van der Waals surface area contributed by atoms with Gasteiger partial charge in [0.1, 0.15) is 5.75 Å². The fourth-order valence-corrected chi connectivity index (χ4v) is 3.42. The van der Waals surface area contributed by atoms with Crippen molar-refractivity contribution in [1.82, 2.24) is 0 Å². The molecule has 0 heterocycles. The first kappa shape index (κ1) is 14.7. The molecule has 0 spiro atoms. The first-order valence-electron chi connectivity index (χ1n) is 5.83. The quantitative estimate of drug-likeness (QED) is 0.881. The van der Waals surface area contributed by atoms with Crippen LogP contribution in [0.2, 0.25) is 5.02 Å². The van der Waals surface area contributed by atoms with E-state index in [2.05, 4.69) is 0 Å². The maximum Gasteiger partial charge on any atom is 0.184 e. The number of methoxy groups -OCH3 is 1. The Kier molecular flexibility index (Phi) is 4.20. The van der Waals surface area contributed by atoms with Crippen LogP contribution in [0.3, 0.4) is 0 Å². The van der Waals surface area contributed by atoms with Crippen LogP contribution in [-0.4, -0.2) is 15.5 Å². The first-order valence-corrected chi connectivity index (χ1v) is 7.86. The summed E-state index contributed by atoms with van der Waals surface area (Å²) in [6.45, 7) is 0. The van der Waals surface area contributed by atoms with Gasteiger partial charge in [-0.2, -0.15) is 0 Å². The molecule has 20 heavy (non-hydrogen) atoms. The number of hydrogen-bond acceptors (Lipinski definition) is 4. The first-order chi connectivity index (χ1) is 9.42. The minimum atomic E-state index is -3.54. The van der Waals surface area contributed by atoms with Crippen molar-refractivity contribution in [2.75, 3.05) is 12.8 Å². The maximum atomic E-state index is 12.4. The molecule has 0 aromatic heterocycles. The van der Waals surface area contributed by atoms with Gasteiger partial charge in [0, 0.05) is 11.1 Å². The predicted octanol–water partition coefficient (Wildman–Crippen LogP) is 2.90. The highest BCUT2D eigenvalue weighted by molar-refractivity contribution is 7.90. The number of nitrogen functional groups attached to an aromatic ring is 1. The van der Waals surface area contributed by atoms with E-state index in [-0.39, 0.29) is 16.3 Å². The summed E-state index contributed by atoms with van der Waals surface area (Å²) in [5.74, 6) is 0.315. The van der Waals surface area contributed by atoms with E-state index < -0.39 is 9.84 Å². The molecule has 4 nitrogen and oxygen atoms in total. The zero-order chi connectivity index (χ0) is 14.8. The lowest BCUT2D eigenvalue weighted by molar-refractivity contribution is 0.413. The van der Waals surface area contributed by atoms with E-state index >= 15 is 0 Å². The van der Waals surface area contributed by atoms with Gasteiger partial charge in [-0.05, 0) is 29.8 Å². The summed E-state index contributed by atoms with van der Waals surface area (Å²) >= 11 is 5.78. The molecule has 0 saturated heterocycles. The Morgan fingerprint density at radius 3 is 2.40 bits per heavy atom. The Morgan fingerprint density at radius 2 is 1.80 bits per heavy atom. The van der Waals surface area contributed by atoms with Crippen molar-refractivity contribution in [3.8, 4) is 5.75 Å². The van der Waals surface area contributed by atoms with Gasteiger partial charge in [-0.3, -0.25) is 0 Å². The van der Waals surface area contributed by atoms with E-state index in [4.69, 9.17) is 22.1 Å². The van der Waals surface area contributed by atoms with Crippen LogP contribution in [0.5, 0.6) is 5.75 Å². The largest absolute Gasteiger partial charge is 0.497 e. The number of anilines is 1. The third kappa shape index (κ3) is 3.23. The molecule has 2 aromatic carbocycles. The summed E-state index contributed by atoms with van der Waals surface area (Å²) in [6, 6.07) is 11.2. The number of rotatable bonds is 4. The van der Waals surface area contributed by atoms with E-state index in [1.54, 1.807) is 30.3 Å². The van der Waals surface area contributed by atoms with Crippen LogP contribution in [0.15, 0.2) is 47.4 Å². The van der Waals surface area contributed by atoms with Gasteiger partial charge in [0.25, 0.3) is 0 Å². The molecule has 0 fully saturated rings. The van der Waals surface area contributed by atoms with E-state index in [0.717, 1.165) is 0 Å². The van der Waals surface area contributed by atoms with Gasteiger partial charge >= 0.3 is 0 Å². The van der Waals surface area contributed by atoms with Crippen LogP contribution in [0.4, 0.5) is 5.69 Å². The molecule has 0 unspecified atom stereocenters. The van der Waals surface area contributed by atoms with Gasteiger partial charge < -0.3 is 10.5 Å². The highest BCUT2D eigenvalue weighted by Gasteiger charge is 2.19. The van der Waals surface area contributed by atoms with Gasteiger partial charge in [0.15, 0.2) is 9.84 Å². The van der Waals surface area contributed by atoms with Crippen molar-refractivity contribution in [1.29, 1.82) is 0 Å². The Labute approximate surface area is 123 Å². The topological polar surface area (TPSA) is 69.4 Å². The van der Waals surface area contributed by atoms with E-state index in [1.807, 2.05) is 0 Å². The normalized spacial score (nSPS) is 11.3. The fourth-order valence-electron chi connectivity index (χ4n) is 1.79. The molecule has 2 N–H and O–H groups in total. The molecule has 0 atom stereocenters. The molecule has 106 valence electrons. The summed E-state index contributed by atoms with van der Waals surface area (Å²) < 4.78 is 29.8. The lowest BCUT2D eigenvalue weighted by atomic mass is 10.2. The number of ether oxygens (including phenoxy) is 1. The van der Waals surface area contributed by atoms with Crippen molar-refractivity contribution >= 4 is 27.1 Å². The average Bonchev–Trinajstić information content (AvgIpc) is 2.41. The SMILES string of the molecule is COc1ccc(N)c(S(=O)(=O)Cc2ccc(Cl)cc2)c1. The van der Waals surface area contributed by atoms with Gasteiger partial charge in [-0.25, -0.2) is 8.42 Å². The van der Waals surface area contributed by atoms with Crippen molar-refractivity contribution < 1.29 is 13.2 Å². The molecule has 0 aliphatic heterocycles. The minimum absolute atomic E-state index is 0.0757. The van der Waals surface area contributed by atoms with Crippen LogP contribution in [-0.2, 0) is 15.6 Å². The van der Waals surface area contributed by atoms with Gasteiger partial charge in [-0.15, -0.1) is 0 Å². The Bertz CT molecular complexity index is 712. The molecule has 2 rings (SSSR count). The lowest BCUT2D eigenvalue weighted by Gasteiger charge is -2.09. The lowest BCUT2D eigenvalue weighted by Crippen LogP contribution is -2.08. The Morgan fingerprint density at radius 1 is 1.15 bits per heavy atom. The van der Waals surface area contributed by atoms with Crippen LogP contribution in [0, 0.1) is 0 Å². The van der Waals surface area contributed by atoms with Gasteiger partial charge in [0.2, 0.25) is 0 Å². The summed E-state index contributed by atoms with van der Waals surface area (Å²) in [4.78, 5) is 0.0757.